The molecule has 0 saturated heterocycles. The summed E-state index contributed by atoms with van der Waals surface area (Å²) in [5.41, 5.74) is 15.4. The van der Waals surface area contributed by atoms with Gasteiger partial charge in [0.25, 0.3) is 5.56 Å². The Morgan fingerprint density at radius 1 is 1.05 bits per heavy atom. The second kappa shape index (κ2) is 14.0. The van der Waals surface area contributed by atoms with Crippen LogP contribution in [0.4, 0.5) is 4.39 Å². The van der Waals surface area contributed by atoms with Gasteiger partial charge in [-0.15, -0.1) is 0 Å². The molecule has 306 valence electrons. The van der Waals surface area contributed by atoms with Crippen molar-refractivity contribution in [2.75, 3.05) is 6.54 Å². The number of pyridine rings is 2. The van der Waals surface area contributed by atoms with Crippen LogP contribution in [-0.4, -0.2) is 49.4 Å². The minimum atomic E-state index is -1.71. The third-order valence-corrected chi connectivity index (χ3v) is 12.4. The predicted octanol–water partition coefficient (Wildman–Crippen LogP) is 6.07. The van der Waals surface area contributed by atoms with Gasteiger partial charge in [0.2, 0.25) is 0 Å². The summed E-state index contributed by atoms with van der Waals surface area (Å²) >= 11 is 0. The summed E-state index contributed by atoms with van der Waals surface area (Å²) in [5.74, 6) is -4.29. The smallest absolute Gasteiger partial charge is 0.368 e. The molecular weight excluding hydrogens is 774 g/mol. The Kier molecular flexibility index (Phi) is 9.02. The number of nitrogens with zero attached hydrogens (tertiary/aromatic N) is 3. The van der Waals surface area contributed by atoms with Crippen LogP contribution in [0.1, 0.15) is 101 Å². The van der Waals surface area contributed by atoms with Crippen molar-refractivity contribution in [1.29, 1.82) is 0 Å². The highest BCUT2D eigenvalue weighted by Crippen LogP contribution is 2.51. The first-order valence-electron chi connectivity index (χ1n) is 19.7. The van der Waals surface area contributed by atoms with E-state index in [1.54, 1.807) is 48.7 Å². The van der Waals surface area contributed by atoms with Gasteiger partial charge in [-0.1, -0.05) is 50.2 Å². The first-order valence-corrected chi connectivity index (χ1v) is 19.7. The molecule has 0 bridgehead atoms. The van der Waals surface area contributed by atoms with Crippen LogP contribution in [0.2, 0.25) is 0 Å². The molecule has 1 aliphatic carbocycles. The predicted molar refractivity (Wildman–Crippen MR) is 216 cm³/mol. The highest BCUT2D eigenvalue weighted by Gasteiger charge is 2.50. The Morgan fingerprint density at radius 2 is 1.82 bits per heavy atom. The zero-order valence-electron chi connectivity index (χ0n) is 33.1. The first-order chi connectivity index (χ1) is 28.7. The maximum atomic E-state index is 15.3. The highest BCUT2D eigenvalue weighted by molar-refractivity contribution is 6.05. The number of carbonyl (C=O) groups is 3. The number of cyclic esters (lactones) is 1. The molecule has 60 heavy (non-hydrogen) atoms. The summed E-state index contributed by atoms with van der Waals surface area (Å²) in [6, 6.07) is 12.0. The van der Waals surface area contributed by atoms with Gasteiger partial charge in [-0.3, -0.25) is 14.4 Å². The van der Waals surface area contributed by atoms with Crippen LogP contribution in [0.5, 0.6) is 11.5 Å². The number of phenols is 2. The molecule has 15 heteroatoms. The lowest BCUT2D eigenvalue weighted by molar-refractivity contribution is -0.152. The van der Waals surface area contributed by atoms with Crippen LogP contribution < -0.4 is 17.0 Å². The normalized spacial score (nSPS) is 17.7. The average Bonchev–Trinajstić information content (AvgIpc) is 3.83. The number of hydrogen-bond donors (Lipinski definition) is 4. The molecule has 6 aromatic rings. The van der Waals surface area contributed by atoms with E-state index in [2.05, 4.69) is 5.16 Å². The van der Waals surface area contributed by atoms with E-state index in [1.807, 2.05) is 13.8 Å². The van der Waals surface area contributed by atoms with Gasteiger partial charge in [-0.2, -0.15) is 0 Å². The summed E-state index contributed by atoms with van der Waals surface area (Å²) in [7, 11) is 0. The highest BCUT2D eigenvalue weighted by atomic mass is 19.1. The molecule has 3 aromatic heterocycles. The van der Waals surface area contributed by atoms with Crippen molar-refractivity contribution in [3.63, 3.8) is 0 Å². The first kappa shape index (κ1) is 38.8. The minimum Gasteiger partial charge on any atom is -0.508 e. The molecular formula is C45H40FN5O9. The zero-order valence-corrected chi connectivity index (χ0v) is 33.1. The van der Waals surface area contributed by atoms with E-state index >= 15 is 4.39 Å². The number of phenolic OH excluding ortho intramolecular Hbond substituents is 2. The molecule has 0 radical (unpaired) electrons. The van der Waals surface area contributed by atoms with Crippen LogP contribution in [0, 0.1) is 12.7 Å². The van der Waals surface area contributed by atoms with Crippen LogP contribution in [0.15, 0.2) is 57.8 Å². The number of halogens is 1. The Morgan fingerprint density at radius 3 is 2.55 bits per heavy atom. The number of aromatic nitrogens is 3. The SMILES string of the molecule is CC[C@@]1(c2ccccc2-c2c(C(=O)OC(=O)CN)noc2-c2cc(C(C)C)c(O)cc2O)C(=O)OCc2c1cc1n(c2=O)Cc2c-1nc1cc(F)c(C)c3c1c2[C@@H](N)CC3. The fourth-order valence-electron chi connectivity index (χ4n) is 9.42. The largest absolute Gasteiger partial charge is 0.508 e. The van der Waals surface area contributed by atoms with Crippen molar-refractivity contribution >= 4 is 28.8 Å². The molecule has 9 rings (SSSR count). The lowest BCUT2D eigenvalue weighted by Gasteiger charge is -2.38. The van der Waals surface area contributed by atoms with Crippen molar-refractivity contribution < 1.29 is 43.0 Å². The van der Waals surface area contributed by atoms with E-state index < -0.39 is 46.9 Å². The molecule has 5 heterocycles. The van der Waals surface area contributed by atoms with E-state index in [4.69, 9.17) is 30.4 Å². The van der Waals surface area contributed by atoms with Gasteiger partial charge in [-0.25, -0.2) is 14.2 Å². The summed E-state index contributed by atoms with van der Waals surface area (Å²) in [6.07, 6.45) is 1.23. The number of aromatic hydroxyl groups is 2. The van der Waals surface area contributed by atoms with Crippen molar-refractivity contribution in [1.82, 2.24) is 14.7 Å². The maximum Gasteiger partial charge on any atom is 0.368 e. The standard InChI is InChI=1S/C45H40FN5O9/c1-5-45(27-9-7-6-8-22(27)38-40(43(56)59-35(54)16-47)50-60-41(38)24-12-23(19(2)3)33(52)15-34(24)53)28-13-32-39-25(17-51(32)42(55)26(28)18-58-44(45)57)36-30(48)11-10-21-20(4)29(46)14-31(49-39)37(21)36/h6-9,12-15,19,30,52-53H,5,10-11,16-18,47-48H2,1-4H3/t30-,45-/m0/s1. The molecule has 0 spiro atoms. The van der Waals surface area contributed by atoms with E-state index in [0.717, 1.165) is 28.1 Å². The molecule has 0 saturated carbocycles. The summed E-state index contributed by atoms with van der Waals surface area (Å²) in [6.45, 7) is 6.40. The molecule has 14 nitrogen and oxygen atoms in total. The van der Waals surface area contributed by atoms with Crippen molar-refractivity contribution in [2.45, 2.75) is 77.5 Å². The Hall–Kier alpha value is -6.71. The minimum absolute atomic E-state index is 0.0399. The molecule has 3 aliphatic rings. The Balaban J connectivity index is 1.31. The number of ether oxygens (including phenoxy) is 2. The average molecular weight is 814 g/mol. The number of rotatable bonds is 7. The molecule has 0 amide bonds. The topological polar surface area (TPSA) is 223 Å². The molecule has 6 N–H and O–H groups in total. The Labute approximate surface area is 341 Å². The van der Waals surface area contributed by atoms with Gasteiger partial charge >= 0.3 is 17.9 Å². The number of aryl methyl sites for hydroxylation is 1. The number of benzene rings is 3. The Bertz CT molecular complexity index is 2950. The molecule has 2 aliphatic heterocycles. The van der Waals surface area contributed by atoms with Crippen LogP contribution >= 0.6 is 0 Å². The van der Waals surface area contributed by atoms with Crippen LogP contribution in [-0.2, 0) is 44.1 Å². The van der Waals surface area contributed by atoms with Crippen LogP contribution in [0.3, 0.4) is 0 Å². The van der Waals surface area contributed by atoms with Gasteiger partial charge in [-0.05, 0) is 83.2 Å². The van der Waals surface area contributed by atoms with Crippen molar-refractivity contribution in [3.05, 3.63) is 115 Å². The molecule has 0 fully saturated rings. The van der Waals surface area contributed by atoms with E-state index in [1.165, 1.54) is 12.1 Å². The van der Waals surface area contributed by atoms with Gasteiger partial charge in [0, 0.05) is 29.1 Å². The number of carbonyl (C=O) groups excluding carboxylic acids is 3. The monoisotopic (exact) mass is 813 g/mol. The summed E-state index contributed by atoms with van der Waals surface area (Å²) in [4.78, 5) is 60.3. The quantitative estimate of drug-likeness (QED) is 0.106. The summed E-state index contributed by atoms with van der Waals surface area (Å²) in [5, 5.41) is 26.7. The fourth-order valence-corrected chi connectivity index (χ4v) is 9.42. The molecule has 2 atom stereocenters. The third-order valence-electron chi connectivity index (χ3n) is 12.4. The summed E-state index contributed by atoms with van der Waals surface area (Å²) < 4.78 is 33.6. The number of fused-ring (bicyclic) bond motifs is 5. The van der Waals surface area contributed by atoms with Gasteiger partial charge < -0.3 is 40.2 Å². The van der Waals surface area contributed by atoms with E-state index in [-0.39, 0.29) is 76.7 Å². The second-order valence-corrected chi connectivity index (χ2v) is 15.8. The lowest BCUT2D eigenvalue weighted by atomic mass is 9.67. The lowest BCUT2D eigenvalue weighted by Crippen LogP contribution is -2.45. The molecule has 0 unspecified atom stereocenters. The van der Waals surface area contributed by atoms with Crippen molar-refractivity contribution in [3.8, 4) is 45.3 Å². The maximum absolute atomic E-state index is 15.3. The van der Waals surface area contributed by atoms with Gasteiger partial charge in [0.05, 0.1) is 46.7 Å². The van der Waals surface area contributed by atoms with Crippen molar-refractivity contribution in [2.24, 2.45) is 11.5 Å². The third kappa shape index (κ3) is 5.45. The number of esters is 3. The molecule has 3 aromatic carbocycles. The van der Waals surface area contributed by atoms with Crippen LogP contribution in [0.25, 0.3) is 44.7 Å². The number of nitrogens with two attached hydrogens (primary N) is 2. The van der Waals surface area contributed by atoms with Gasteiger partial charge in [0.15, 0.2) is 11.5 Å². The van der Waals surface area contributed by atoms with E-state index in [9.17, 15) is 29.4 Å². The fraction of sp³-hybridized carbons (Fsp3) is 0.289. The van der Waals surface area contributed by atoms with Gasteiger partial charge in [0.1, 0.15) is 29.3 Å². The second-order valence-electron chi connectivity index (χ2n) is 15.8. The number of hydrogen-bond acceptors (Lipinski definition) is 13. The van der Waals surface area contributed by atoms with E-state index in [0.29, 0.717) is 46.4 Å². The zero-order chi connectivity index (χ0) is 42.5.